The maximum atomic E-state index is 11.9. The summed E-state index contributed by atoms with van der Waals surface area (Å²) in [5, 5.41) is 9.49. The zero-order valence-corrected chi connectivity index (χ0v) is 17.9. The van der Waals surface area contributed by atoms with E-state index in [4.69, 9.17) is 9.47 Å². The SMILES string of the molecule is CCOc1ccc(-n2c(CSc3ncccn3)nnc2SC(C)C(=O)OC)cc1. The van der Waals surface area contributed by atoms with Crippen molar-refractivity contribution in [2.45, 2.75) is 35.2 Å². The van der Waals surface area contributed by atoms with Crippen molar-refractivity contribution in [2.75, 3.05) is 13.7 Å². The monoisotopic (exact) mass is 431 g/mol. The molecule has 8 nitrogen and oxygen atoms in total. The Kier molecular flexibility index (Phi) is 7.48. The van der Waals surface area contributed by atoms with E-state index in [0.29, 0.717) is 22.7 Å². The predicted octanol–water partition coefficient (Wildman–Crippen LogP) is 3.40. The summed E-state index contributed by atoms with van der Waals surface area (Å²) < 4.78 is 12.3. The average molecular weight is 432 g/mol. The van der Waals surface area contributed by atoms with E-state index < -0.39 is 5.25 Å². The molecular weight excluding hydrogens is 410 g/mol. The molecule has 10 heteroatoms. The molecule has 0 aliphatic heterocycles. The second kappa shape index (κ2) is 10.3. The Morgan fingerprint density at radius 2 is 1.90 bits per heavy atom. The van der Waals surface area contributed by atoms with Crippen LogP contribution in [0.1, 0.15) is 19.7 Å². The molecule has 29 heavy (non-hydrogen) atoms. The van der Waals surface area contributed by atoms with Gasteiger partial charge in [-0.2, -0.15) is 0 Å². The third kappa shape index (κ3) is 5.48. The number of nitrogens with zero attached hydrogens (tertiary/aromatic N) is 5. The largest absolute Gasteiger partial charge is 0.494 e. The first kappa shape index (κ1) is 21.1. The summed E-state index contributed by atoms with van der Waals surface area (Å²) in [5.41, 5.74) is 0.877. The fraction of sp³-hybridized carbons (Fsp3) is 0.316. The van der Waals surface area contributed by atoms with Crippen LogP contribution >= 0.6 is 23.5 Å². The minimum Gasteiger partial charge on any atom is -0.494 e. The number of ether oxygens (including phenoxy) is 2. The number of benzene rings is 1. The van der Waals surface area contributed by atoms with Crippen LogP contribution in [0.25, 0.3) is 5.69 Å². The van der Waals surface area contributed by atoms with Crippen LogP contribution in [-0.4, -0.2) is 49.7 Å². The van der Waals surface area contributed by atoms with Crippen molar-refractivity contribution in [1.82, 2.24) is 24.7 Å². The lowest BCUT2D eigenvalue weighted by atomic mass is 10.3. The number of carbonyl (C=O) groups is 1. The molecule has 3 rings (SSSR count). The van der Waals surface area contributed by atoms with E-state index in [1.54, 1.807) is 25.4 Å². The van der Waals surface area contributed by atoms with Crippen LogP contribution in [-0.2, 0) is 15.3 Å². The number of aromatic nitrogens is 5. The highest BCUT2D eigenvalue weighted by Crippen LogP contribution is 2.29. The van der Waals surface area contributed by atoms with E-state index in [-0.39, 0.29) is 5.97 Å². The third-order valence-electron chi connectivity index (χ3n) is 3.79. The summed E-state index contributed by atoms with van der Waals surface area (Å²) in [6.45, 7) is 4.32. The van der Waals surface area contributed by atoms with Crippen molar-refractivity contribution in [2.24, 2.45) is 0 Å². The van der Waals surface area contributed by atoms with Crippen molar-refractivity contribution in [3.63, 3.8) is 0 Å². The molecule has 1 aromatic carbocycles. The normalized spacial score (nSPS) is 11.8. The Morgan fingerprint density at radius 3 is 2.55 bits per heavy atom. The summed E-state index contributed by atoms with van der Waals surface area (Å²) in [7, 11) is 1.37. The second-order valence-corrected chi connectivity index (χ2v) is 8.01. The molecule has 0 saturated carbocycles. The lowest BCUT2D eigenvalue weighted by Crippen LogP contribution is -2.15. The highest BCUT2D eigenvalue weighted by Gasteiger charge is 2.21. The average Bonchev–Trinajstić information content (AvgIpc) is 3.15. The molecule has 2 aromatic heterocycles. The van der Waals surface area contributed by atoms with Gasteiger partial charge in [0, 0.05) is 18.1 Å². The summed E-state index contributed by atoms with van der Waals surface area (Å²) in [4.78, 5) is 20.3. The van der Waals surface area contributed by atoms with E-state index >= 15 is 0 Å². The van der Waals surface area contributed by atoms with Crippen molar-refractivity contribution < 1.29 is 14.3 Å². The standard InChI is InChI=1S/C19H21N5O3S2/c1-4-27-15-8-6-14(7-9-15)24-16(12-28-18-20-10-5-11-21-18)22-23-19(24)29-13(2)17(25)26-3/h5-11,13H,4,12H2,1-3H3. The van der Waals surface area contributed by atoms with Crippen molar-refractivity contribution in [3.8, 4) is 11.4 Å². The van der Waals surface area contributed by atoms with E-state index in [9.17, 15) is 4.79 Å². The summed E-state index contributed by atoms with van der Waals surface area (Å²) in [6, 6.07) is 9.45. The first-order valence-electron chi connectivity index (χ1n) is 8.94. The van der Waals surface area contributed by atoms with Crippen molar-refractivity contribution in [1.29, 1.82) is 0 Å². The van der Waals surface area contributed by atoms with Crippen LogP contribution in [0.2, 0.25) is 0 Å². The molecule has 0 saturated heterocycles. The maximum absolute atomic E-state index is 11.9. The topological polar surface area (TPSA) is 92.0 Å². The molecule has 0 bridgehead atoms. The van der Waals surface area contributed by atoms with E-state index in [1.165, 1.54) is 30.6 Å². The summed E-state index contributed by atoms with van der Waals surface area (Å²) >= 11 is 2.76. The summed E-state index contributed by atoms with van der Waals surface area (Å²) in [6.07, 6.45) is 3.40. The number of thioether (sulfide) groups is 2. The van der Waals surface area contributed by atoms with Gasteiger partial charge in [-0.25, -0.2) is 9.97 Å². The molecule has 3 aromatic rings. The number of esters is 1. The van der Waals surface area contributed by atoms with Crippen LogP contribution in [0.4, 0.5) is 0 Å². The van der Waals surface area contributed by atoms with Gasteiger partial charge in [0.05, 0.1) is 19.5 Å². The Balaban J connectivity index is 1.89. The van der Waals surface area contributed by atoms with E-state index in [1.807, 2.05) is 35.8 Å². The van der Waals surface area contributed by atoms with Gasteiger partial charge in [-0.15, -0.1) is 10.2 Å². The van der Waals surface area contributed by atoms with Gasteiger partial charge in [-0.3, -0.25) is 9.36 Å². The quantitative estimate of drug-likeness (QED) is 0.287. The first-order valence-corrected chi connectivity index (χ1v) is 10.8. The Hall–Kier alpha value is -2.59. The summed E-state index contributed by atoms with van der Waals surface area (Å²) in [5.74, 6) is 1.73. The molecule has 0 fully saturated rings. The van der Waals surface area contributed by atoms with Gasteiger partial charge in [-0.05, 0) is 44.2 Å². The van der Waals surface area contributed by atoms with Crippen molar-refractivity contribution in [3.05, 3.63) is 48.5 Å². The number of methoxy groups -OCH3 is 1. The second-order valence-electron chi connectivity index (χ2n) is 5.76. The molecule has 2 heterocycles. The van der Waals surface area contributed by atoms with E-state index in [2.05, 4.69) is 20.2 Å². The maximum Gasteiger partial charge on any atom is 0.318 e. The molecule has 0 radical (unpaired) electrons. The fourth-order valence-electron chi connectivity index (χ4n) is 2.45. The minimum absolute atomic E-state index is 0.315. The Bertz CT molecular complexity index is 935. The van der Waals surface area contributed by atoms with Gasteiger partial charge < -0.3 is 9.47 Å². The van der Waals surface area contributed by atoms with Gasteiger partial charge in [0.15, 0.2) is 10.3 Å². The number of hydrogen-bond acceptors (Lipinski definition) is 9. The zero-order valence-electron chi connectivity index (χ0n) is 16.3. The molecule has 0 N–H and O–H groups in total. The molecular formula is C19H21N5O3S2. The fourth-order valence-corrected chi connectivity index (χ4v) is 4.08. The number of rotatable bonds is 9. The van der Waals surface area contributed by atoms with Crippen LogP contribution in [0.15, 0.2) is 53.0 Å². The Morgan fingerprint density at radius 1 is 1.17 bits per heavy atom. The molecule has 152 valence electrons. The van der Waals surface area contributed by atoms with E-state index in [0.717, 1.165) is 17.3 Å². The van der Waals surface area contributed by atoms with Crippen LogP contribution in [0.5, 0.6) is 5.75 Å². The van der Waals surface area contributed by atoms with Crippen LogP contribution in [0, 0.1) is 0 Å². The lowest BCUT2D eigenvalue weighted by molar-refractivity contribution is -0.139. The first-order chi connectivity index (χ1) is 14.1. The molecule has 1 atom stereocenters. The molecule has 1 unspecified atom stereocenters. The van der Waals surface area contributed by atoms with Gasteiger partial charge in [0.1, 0.15) is 16.8 Å². The smallest absolute Gasteiger partial charge is 0.318 e. The highest BCUT2D eigenvalue weighted by molar-refractivity contribution is 8.00. The number of hydrogen-bond donors (Lipinski definition) is 0. The predicted molar refractivity (Wildman–Crippen MR) is 111 cm³/mol. The molecule has 0 amide bonds. The molecule has 0 spiro atoms. The van der Waals surface area contributed by atoms with Gasteiger partial charge >= 0.3 is 5.97 Å². The van der Waals surface area contributed by atoms with Gasteiger partial charge in [0.2, 0.25) is 0 Å². The lowest BCUT2D eigenvalue weighted by Gasteiger charge is -2.13. The Labute approximate surface area is 177 Å². The van der Waals surface area contributed by atoms with Crippen LogP contribution < -0.4 is 4.74 Å². The zero-order chi connectivity index (χ0) is 20.6. The number of carbonyl (C=O) groups excluding carboxylic acids is 1. The van der Waals surface area contributed by atoms with Gasteiger partial charge in [0.25, 0.3) is 0 Å². The highest BCUT2D eigenvalue weighted by atomic mass is 32.2. The molecule has 0 aliphatic carbocycles. The minimum atomic E-state index is -0.413. The third-order valence-corrected chi connectivity index (χ3v) is 5.69. The van der Waals surface area contributed by atoms with Crippen molar-refractivity contribution >= 4 is 29.5 Å². The van der Waals surface area contributed by atoms with Crippen LogP contribution in [0.3, 0.4) is 0 Å². The van der Waals surface area contributed by atoms with Gasteiger partial charge in [-0.1, -0.05) is 23.5 Å². The molecule has 0 aliphatic rings.